The van der Waals surface area contributed by atoms with E-state index in [-0.39, 0.29) is 17.6 Å². The second kappa shape index (κ2) is 5.40. The van der Waals surface area contributed by atoms with Crippen molar-refractivity contribution in [2.75, 3.05) is 5.32 Å². The molecule has 0 bridgehead atoms. The minimum absolute atomic E-state index is 0.0818. The average Bonchev–Trinajstić information content (AvgIpc) is 2.50. The fourth-order valence-corrected chi connectivity index (χ4v) is 2.43. The molecule has 0 radical (unpaired) electrons. The van der Waals surface area contributed by atoms with Gasteiger partial charge >= 0.3 is 0 Å². The van der Waals surface area contributed by atoms with Crippen molar-refractivity contribution in [3.05, 3.63) is 66.2 Å². The highest BCUT2D eigenvalue weighted by atomic mass is 19.1. The number of fused-ring (bicyclic) bond motifs is 1. The van der Waals surface area contributed by atoms with Crippen molar-refractivity contribution in [1.82, 2.24) is 4.98 Å². The molecule has 3 rings (SSSR count). The molecule has 106 valence electrons. The van der Waals surface area contributed by atoms with Crippen LogP contribution < -0.4 is 5.32 Å². The van der Waals surface area contributed by atoms with Crippen molar-refractivity contribution < 1.29 is 9.50 Å². The predicted molar refractivity (Wildman–Crippen MR) is 81.8 cm³/mol. The van der Waals surface area contributed by atoms with Crippen LogP contribution in [-0.4, -0.2) is 10.1 Å². The Kier molecular flexibility index (Phi) is 3.44. The first-order chi connectivity index (χ1) is 10.1. The van der Waals surface area contributed by atoms with E-state index in [9.17, 15) is 9.50 Å². The first-order valence-corrected chi connectivity index (χ1v) is 6.73. The lowest BCUT2D eigenvalue weighted by Gasteiger charge is -2.18. The maximum absolute atomic E-state index is 13.4. The van der Waals surface area contributed by atoms with Crippen molar-refractivity contribution in [2.45, 2.75) is 13.0 Å². The lowest BCUT2D eigenvalue weighted by molar-refractivity contribution is 0.462. The van der Waals surface area contributed by atoms with Crippen LogP contribution in [0.5, 0.6) is 5.75 Å². The summed E-state index contributed by atoms with van der Waals surface area (Å²) in [6.45, 7) is 1.88. The summed E-state index contributed by atoms with van der Waals surface area (Å²) in [5.41, 5.74) is 1.45. The zero-order valence-electron chi connectivity index (χ0n) is 11.5. The van der Waals surface area contributed by atoms with Crippen LogP contribution in [0, 0.1) is 5.82 Å². The Bertz CT molecular complexity index is 783. The summed E-state index contributed by atoms with van der Waals surface area (Å²) < 4.78 is 13.4. The third-order valence-corrected chi connectivity index (χ3v) is 3.51. The number of anilines is 1. The number of nitrogens with one attached hydrogen (secondary N) is 1. The summed E-state index contributed by atoms with van der Waals surface area (Å²) in [5.74, 6) is -0.281. The van der Waals surface area contributed by atoms with Crippen molar-refractivity contribution in [1.29, 1.82) is 0 Å². The Morgan fingerprint density at radius 1 is 1.19 bits per heavy atom. The number of aromatic nitrogens is 1. The minimum Gasteiger partial charge on any atom is -0.508 e. The maximum Gasteiger partial charge on any atom is 0.123 e. The fraction of sp³-hybridized carbons (Fsp3) is 0.118. The molecule has 4 heteroatoms. The Hall–Kier alpha value is -2.62. The van der Waals surface area contributed by atoms with E-state index in [1.807, 2.05) is 31.2 Å². The number of halogens is 1. The zero-order valence-corrected chi connectivity index (χ0v) is 11.5. The number of hydrogen-bond acceptors (Lipinski definition) is 3. The van der Waals surface area contributed by atoms with Crippen LogP contribution in [0.3, 0.4) is 0 Å². The molecule has 1 atom stereocenters. The van der Waals surface area contributed by atoms with Crippen molar-refractivity contribution in [3.63, 3.8) is 0 Å². The highest BCUT2D eigenvalue weighted by molar-refractivity contribution is 5.93. The molecule has 1 heterocycles. The van der Waals surface area contributed by atoms with E-state index in [0.717, 1.165) is 16.5 Å². The van der Waals surface area contributed by atoms with E-state index in [1.165, 1.54) is 18.2 Å². The molecule has 0 fully saturated rings. The molecule has 2 N–H and O–H groups in total. The summed E-state index contributed by atoms with van der Waals surface area (Å²) in [5, 5.41) is 15.3. The van der Waals surface area contributed by atoms with Crippen LogP contribution in [0.25, 0.3) is 10.8 Å². The lowest BCUT2D eigenvalue weighted by atomic mass is 10.1. The van der Waals surface area contributed by atoms with Gasteiger partial charge in [0.2, 0.25) is 0 Å². The number of rotatable bonds is 3. The van der Waals surface area contributed by atoms with E-state index in [4.69, 9.17) is 0 Å². The van der Waals surface area contributed by atoms with Gasteiger partial charge in [-0.2, -0.15) is 0 Å². The first kappa shape index (κ1) is 13.4. The summed E-state index contributed by atoms with van der Waals surface area (Å²) in [4.78, 5) is 4.10. The van der Waals surface area contributed by atoms with Gasteiger partial charge in [0.1, 0.15) is 11.6 Å². The smallest absolute Gasteiger partial charge is 0.123 e. The second-order valence-electron chi connectivity index (χ2n) is 4.97. The Balaban J connectivity index is 1.96. The molecule has 3 aromatic rings. The summed E-state index contributed by atoms with van der Waals surface area (Å²) in [6, 6.07) is 11.5. The van der Waals surface area contributed by atoms with E-state index in [1.54, 1.807) is 12.4 Å². The van der Waals surface area contributed by atoms with Crippen LogP contribution in [0.15, 0.2) is 54.9 Å². The van der Waals surface area contributed by atoms with Gasteiger partial charge in [0.25, 0.3) is 0 Å². The van der Waals surface area contributed by atoms with Gasteiger partial charge in [-0.3, -0.25) is 4.98 Å². The molecule has 0 aliphatic heterocycles. The molecule has 0 saturated heterocycles. The Morgan fingerprint density at radius 2 is 2.05 bits per heavy atom. The number of aromatic hydroxyl groups is 1. The van der Waals surface area contributed by atoms with Gasteiger partial charge in [-0.25, -0.2) is 4.39 Å². The average molecular weight is 282 g/mol. The minimum atomic E-state index is -0.362. The Labute approximate surface area is 122 Å². The van der Waals surface area contributed by atoms with Crippen LogP contribution in [0.4, 0.5) is 10.1 Å². The van der Waals surface area contributed by atoms with Gasteiger partial charge in [0, 0.05) is 34.4 Å². The topological polar surface area (TPSA) is 45.2 Å². The van der Waals surface area contributed by atoms with Crippen LogP contribution in [0.1, 0.15) is 18.5 Å². The van der Waals surface area contributed by atoms with Crippen LogP contribution >= 0.6 is 0 Å². The molecule has 1 aromatic heterocycles. The van der Waals surface area contributed by atoms with Gasteiger partial charge < -0.3 is 10.4 Å². The molecule has 21 heavy (non-hydrogen) atoms. The first-order valence-electron chi connectivity index (χ1n) is 6.73. The standard InChI is InChI=1S/C17H15FN2O/c1-11(15-9-13(18)5-6-17(15)21)20-16-4-2-3-12-10-19-8-7-14(12)16/h2-11,20-21H,1H3. The van der Waals surface area contributed by atoms with Crippen molar-refractivity contribution >= 4 is 16.5 Å². The van der Waals surface area contributed by atoms with Crippen LogP contribution in [-0.2, 0) is 0 Å². The second-order valence-corrected chi connectivity index (χ2v) is 4.97. The largest absolute Gasteiger partial charge is 0.508 e. The maximum atomic E-state index is 13.4. The normalized spacial score (nSPS) is 12.3. The van der Waals surface area contributed by atoms with Crippen molar-refractivity contribution in [3.8, 4) is 5.75 Å². The van der Waals surface area contributed by atoms with Crippen molar-refractivity contribution in [2.24, 2.45) is 0 Å². The molecule has 3 nitrogen and oxygen atoms in total. The molecule has 0 saturated carbocycles. The number of phenols is 1. The third-order valence-electron chi connectivity index (χ3n) is 3.51. The van der Waals surface area contributed by atoms with Crippen LogP contribution in [0.2, 0.25) is 0 Å². The fourth-order valence-electron chi connectivity index (χ4n) is 2.43. The molecule has 0 aliphatic carbocycles. The third kappa shape index (κ3) is 2.65. The molecule has 1 unspecified atom stereocenters. The van der Waals surface area contributed by atoms with E-state index in [0.29, 0.717) is 5.56 Å². The summed E-state index contributed by atoms with van der Waals surface area (Å²) in [6.07, 6.45) is 3.53. The van der Waals surface area contributed by atoms with E-state index in [2.05, 4.69) is 10.3 Å². The van der Waals surface area contributed by atoms with E-state index < -0.39 is 0 Å². The van der Waals surface area contributed by atoms with Gasteiger partial charge in [-0.15, -0.1) is 0 Å². The number of nitrogens with zero attached hydrogens (tertiary/aromatic N) is 1. The zero-order chi connectivity index (χ0) is 14.8. The number of benzene rings is 2. The summed E-state index contributed by atoms with van der Waals surface area (Å²) >= 11 is 0. The molecule has 0 amide bonds. The predicted octanol–water partition coefficient (Wildman–Crippen LogP) is 4.25. The van der Waals surface area contributed by atoms with E-state index >= 15 is 0 Å². The molecule has 0 spiro atoms. The van der Waals surface area contributed by atoms with Gasteiger partial charge in [-0.1, -0.05) is 12.1 Å². The molecular formula is C17H15FN2O. The highest BCUT2D eigenvalue weighted by Gasteiger charge is 2.12. The lowest BCUT2D eigenvalue weighted by Crippen LogP contribution is -2.07. The highest BCUT2D eigenvalue weighted by Crippen LogP contribution is 2.30. The summed E-state index contributed by atoms with van der Waals surface area (Å²) in [7, 11) is 0. The van der Waals surface area contributed by atoms with Gasteiger partial charge in [0.05, 0.1) is 6.04 Å². The monoisotopic (exact) mass is 282 g/mol. The van der Waals surface area contributed by atoms with Gasteiger partial charge in [0.15, 0.2) is 0 Å². The quantitative estimate of drug-likeness (QED) is 0.754. The molecular weight excluding hydrogens is 267 g/mol. The molecule has 2 aromatic carbocycles. The Morgan fingerprint density at radius 3 is 2.90 bits per heavy atom. The number of pyridine rings is 1. The SMILES string of the molecule is CC(Nc1cccc2cnccc12)c1cc(F)ccc1O. The molecule has 0 aliphatic rings. The number of phenolic OH excluding ortho intramolecular Hbond substituents is 1. The number of hydrogen-bond donors (Lipinski definition) is 2. The van der Waals surface area contributed by atoms with Gasteiger partial charge in [-0.05, 0) is 37.3 Å².